The summed E-state index contributed by atoms with van der Waals surface area (Å²) in [6.07, 6.45) is 6.58. The molecule has 64 heavy (non-hydrogen) atoms. The number of nitrogens with one attached hydrogen (secondary N) is 2. The first kappa shape index (κ1) is 45.0. The number of pyridine rings is 1. The van der Waals surface area contributed by atoms with Gasteiger partial charge in [-0.05, 0) is 96.1 Å². The highest BCUT2D eigenvalue weighted by atomic mass is 32.2. The molecule has 3 atom stereocenters. The van der Waals surface area contributed by atoms with Crippen molar-refractivity contribution in [2.24, 2.45) is 16.2 Å². The van der Waals surface area contributed by atoms with Crippen LogP contribution in [0.5, 0.6) is 0 Å². The van der Waals surface area contributed by atoms with Gasteiger partial charge in [0.1, 0.15) is 18.4 Å². The zero-order valence-electron chi connectivity index (χ0n) is 37.0. The van der Waals surface area contributed by atoms with E-state index in [1.807, 2.05) is 67.7 Å². The molecule has 2 aromatic heterocycles. The molecular weight excluding hydrogens is 839 g/mol. The molecule has 0 saturated heterocycles. The van der Waals surface area contributed by atoms with Crippen LogP contribution in [0.1, 0.15) is 91.3 Å². The first-order chi connectivity index (χ1) is 30.2. The summed E-state index contributed by atoms with van der Waals surface area (Å²) >= 11 is 0. The van der Waals surface area contributed by atoms with Crippen LogP contribution >= 0.6 is 0 Å². The number of rotatable bonds is 16. The molecule has 5 aliphatic carbocycles. The Morgan fingerprint density at radius 1 is 0.891 bits per heavy atom. The lowest BCUT2D eigenvalue weighted by atomic mass is 9.39. The van der Waals surface area contributed by atoms with Crippen LogP contribution in [0.3, 0.4) is 0 Å². The number of aromatic nitrogens is 2. The van der Waals surface area contributed by atoms with Gasteiger partial charge < -0.3 is 34.7 Å². The molecule has 4 N–H and O–H groups in total. The first-order valence-electron chi connectivity index (χ1n) is 21.8. The zero-order valence-corrected chi connectivity index (χ0v) is 37.8. The number of fused-ring (bicyclic) bond motifs is 3. The van der Waals surface area contributed by atoms with E-state index in [4.69, 9.17) is 9.47 Å². The van der Waals surface area contributed by atoms with Gasteiger partial charge in [0.2, 0.25) is 11.8 Å². The summed E-state index contributed by atoms with van der Waals surface area (Å²) in [6, 6.07) is 19.4. The molecule has 5 aliphatic rings. The summed E-state index contributed by atoms with van der Waals surface area (Å²) in [5.74, 6) is -3.42. The average molecular weight is 896 g/mol. The molecule has 9 rings (SSSR count). The fourth-order valence-electron chi connectivity index (χ4n) is 12.7. The number of nitrogens with zero attached hydrogens (tertiary/aromatic N) is 3. The third-order valence-electron chi connectivity index (χ3n) is 14.0. The Kier molecular flexibility index (Phi) is 11.8. The van der Waals surface area contributed by atoms with Crippen LogP contribution in [0.15, 0.2) is 72.9 Å². The lowest BCUT2D eigenvalue weighted by Gasteiger charge is -2.69. The minimum absolute atomic E-state index is 0.00361. The molecule has 0 aliphatic heterocycles. The average Bonchev–Trinajstić information content (AvgIpc) is 3.73. The highest BCUT2D eigenvalue weighted by Crippen LogP contribution is 2.72. The molecule has 4 aromatic rings. The molecule has 0 radical (unpaired) electrons. The number of carboxylic acids is 1. The van der Waals surface area contributed by atoms with Gasteiger partial charge in [-0.2, -0.15) is 8.42 Å². The monoisotopic (exact) mass is 895 g/mol. The summed E-state index contributed by atoms with van der Waals surface area (Å²) in [7, 11) is -1.65. The van der Waals surface area contributed by atoms with Crippen LogP contribution in [0.2, 0.25) is 0 Å². The molecule has 16 heteroatoms. The van der Waals surface area contributed by atoms with Crippen LogP contribution in [0.4, 0.5) is 4.79 Å². The highest BCUT2D eigenvalue weighted by Gasteiger charge is 2.66. The Morgan fingerprint density at radius 2 is 1.53 bits per heavy atom. The van der Waals surface area contributed by atoms with E-state index < -0.39 is 45.5 Å². The molecule has 2 unspecified atom stereocenters. The second kappa shape index (κ2) is 16.8. The fraction of sp³-hybridized carbons (Fsp3) is 0.479. The van der Waals surface area contributed by atoms with Gasteiger partial charge >= 0.3 is 12.1 Å². The standard InChI is InChI=1S/C48H57N5O10S/c1-30-32(37-15-14-31(20-40(54)49-4)50-41(37)43(56)57)16-17-53(30)29-47-24-45(2)23-46(3,25-47)27-48(26-45,28-47)63-19-18-52(5)42(55)39(22-64(59,60)61)51-44(58)62-21-38-35-12-8-6-10-33(35)34-11-7-9-13-36(34)38/h6-17,38-39H,18-29H2,1-5H3,(H,49,54)(H,51,58)(H,56,57)(H,59,60,61)/t39-,45?,46?,47?,48?/m0/s1. The van der Waals surface area contributed by atoms with E-state index in [0.717, 1.165) is 72.0 Å². The van der Waals surface area contributed by atoms with Crippen LogP contribution < -0.4 is 10.6 Å². The van der Waals surface area contributed by atoms with Crippen LogP contribution in [-0.2, 0) is 42.1 Å². The summed E-state index contributed by atoms with van der Waals surface area (Å²) in [6.45, 7) is 7.59. The van der Waals surface area contributed by atoms with E-state index in [0.29, 0.717) is 17.8 Å². The maximum atomic E-state index is 13.8. The minimum Gasteiger partial charge on any atom is -0.476 e. The van der Waals surface area contributed by atoms with E-state index in [-0.39, 0.29) is 59.9 Å². The van der Waals surface area contributed by atoms with Crippen molar-refractivity contribution in [2.75, 3.05) is 39.6 Å². The van der Waals surface area contributed by atoms with E-state index in [9.17, 15) is 37.3 Å². The summed E-state index contributed by atoms with van der Waals surface area (Å²) in [5, 5.41) is 15.1. The molecule has 2 heterocycles. The Hall–Kier alpha value is -5.58. The predicted molar refractivity (Wildman–Crippen MR) is 238 cm³/mol. The van der Waals surface area contributed by atoms with Crippen molar-refractivity contribution >= 4 is 34.0 Å². The van der Waals surface area contributed by atoms with Gasteiger partial charge in [-0.1, -0.05) is 68.4 Å². The van der Waals surface area contributed by atoms with Gasteiger partial charge in [0.25, 0.3) is 10.1 Å². The minimum atomic E-state index is -4.68. The van der Waals surface area contributed by atoms with E-state index >= 15 is 0 Å². The van der Waals surface area contributed by atoms with E-state index in [2.05, 4.69) is 34.0 Å². The molecule has 0 spiro atoms. The topological polar surface area (TPSA) is 206 Å². The van der Waals surface area contributed by atoms with Crippen LogP contribution in [-0.4, -0.2) is 108 Å². The van der Waals surface area contributed by atoms with Gasteiger partial charge in [-0.3, -0.25) is 14.1 Å². The summed E-state index contributed by atoms with van der Waals surface area (Å²) in [4.78, 5) is 57.0. The lowest BCUT2D eigenvalue weighted by molar-refractivity contribution is -0.248. The van der Waals surface area contributed by atoms with E-state index in [1.165, 1.54) is 19.0 Å². The largest absolute Gasteiger partial charge is 0.476 e. The molecule has 2 aromatic carbocycles. The molecule has 3 amide bonds. The third-order valence-corrected chi connectivity index (χ3v) is 14.7. The molecule has 15 nitrogen and oxygen atoms in total. The van der Waals surface area contributed by atoms with Gasteiger partial charge in [-0.25, -0.2) is 14.6 Å². The number of ether oxygens (including phenoxy) is 2. The number of carboxylic acid groups (broad SMARTS) is 1. The Balaban J connectivity index is 0.930. The van der Waals surface area contributed by atoms with Crippen LogP contribution in [0.25, 0.3) is 22.3 Å². The van der Waals surface area contributed by atoms with Gasteiger partial charge in [-0.15, -0.1) is 0 Å². The molecule has 4 saturated carbocycles. The number of alkyl carbamates (subject to hydrolysis) is 1. The lowest BCUT2D eigenvalue weighted by Crippen LogP contribution is -2.64. The van der Waals surface area contributed by atoms with Crippen molar-refractivity contribution in [3.63, 3.8) is 0 Å². The van der Waals surface area contributed by atoms with Crippen molar-refractivity contribution in [2.45, 2.75) is 89.8 Å². The Labute approximate surface area is 373 Å². The Morgan fingerprint density at radius 3 is 2.14 bits per heavy atom. The SMILES string of the molecule is CNC(=O)Cc1ccc(-c2ccn(CC34CC5(C)CC(C)(C3)CC(OCCN(C)C(=O)[C@H](CS(=O)(=O)O)NC(=O)OCC3c6ccccc6-c6ccccc63)(C5)C4)c2C)c(C(=O)O)n1. The number of carbonyl (C=O) groups excluding carboxylic acids is 3. The normalized spacial score (nSPS) is 24.7. The maximum absolute atomic E-state index is 13.8. The first-order valence-corrected chi connectivity index (χ1v) is 23.4. The number of amides is 3. The smallest absolute Gasteiger partial charge is 0.407 e. The van der Waals surface area contributed by atoms with Crippen molar-refractivity contribution in [1.29, 1.82) is 0 Å². The fourth-order valence-corrected chi connectivity index (χ4v) is 13.3. The number of likely N-dealkylation sites (N-methyl/N-ethyl adjacent to an activating group) is 2. The number of aromatic carboxylic acids is 1. The van der Waals surface area contributed by atoms with Crippen molar-refractivity contribution in [3.05, 3.63) is 101 Å². The predicted octanol–water partition coefficient (Wildman–Crippen LogP) is 6.23. The quantitative estimate of drug-likeness (QED) is 0.0928. The van der Waals surface area contributed by atoms with Crippen molar-refractivity contribution in [1.82, 2.24) is 25.1 Å². The highest BCUT2D eigenvalue weighted by molar-refractivity contribution is 7.85. The zero-order chi connectivity index (χ0) is 45.8. The van der Waals surface area contributed by atoms with Crippen LogP contribution in [0, 0.1) is 23.2 Å². The summed E-state index contributed by atoms with van der Waals surface area (Å²) < 4.78 is 48.7. The molecular formula is C48H57N5O10S. The molecule has 4 bridgehead atoms. The third kappa shape index (κ3) is 9.04. The van der Waals surface area contributed by atoms with Crippen molar-refractivity contribution in [3.8, 4) is 22.3 Å². The van der Waals surface area contributed by atoms with Crippen molar-refractivity contribution < 1.29 is 46.7 Å². The maximum Gasteiger partial charge on any atom is 0.407 e. The number of hydrogen-bond donors (Lipinski definition) is 4. The van der Waals surface area contributed by atoms with Gasteiger partial charge in [0.05, 0.1) is 24.3 Å². The molecule has 340 valence electrons. The number of benzene rings is 2. The number of hydrogen-bond acceptors (Lipinski definition) is 9. The van der Waals surface area contributed by atoms with Gasteiger partial charge in [0.15, 0.2) is 5.69 Å². The second-order valence-corrected chi connectivity index (χ2v) is 21.0. The Bertz CT molecular complexity index is 2560. The second-order valence-electron chi connectivity index (χ2n) is 19.5. The van der Waals surface area contributed by atoms with E-state index in [1.54, 1.807) is 12.1 Å². The number of carbonyl (C=O) groups is 4. The van der Waals surface area contributed by atoms with Gasteiger partial charge in [0, 0.05) is 56.1 Å². The molecule has 4 fully saturated rings. The summed E-state index contributed by atoms with van der Waals surface area (Å²) in [5.41, 5.74) is 5.92.